The number of hydrogen-bond donors (Lipinski definition) is 0. The molecule has 0 bridgehead atoms. The molecule has 0 aromatic heterocycles. The predicted molar refractivity (Wildman–Crippen MR) is 134 cm³/mol. The molecule has 3 aromatic rings. The molecule has 5 heteroatoms. The normalized spacial score (nSPS) is 12.4. The van der Waals surface area contributed by atoms with Gasteiger partial charge in [-0.25, -0.2) is 4.79 Å². The summed E-state index contributed by atoms with van der Waals surface area (Å²) in [6.45, 7) is 6.97. The van der Waals surface area contributed by atoms with Crippen molar-refractivity contribution < 1.29 is 19.1 Å². The summed E-state index contributed by atoms with van der Waals surface area (Å²) in [4.78, 5) is 28.5. The summed E-state index contributed by atoms with van der Waals surface area (Å²) in [5.74, 6) is -0.288. The molecule has 0 saturated carbocycles. The highest BCUT2D eigenvalue weighted by Crippen LogP contribution is 2.29. The molecule has 3 rings (SSSR count). The van der Waals surface area contributed by atoms with Crippen molar-refractivity contribution in [2.24, 2.45) is 0 Å². The van der Waals surface area contributed by atoms with Crippen molar-refractivity contribution in [1.29, 1.82) is 0 Å². The minimum absolute atomic E-state index is 0.0772. The maximum Gasteiger partial charge on any atom is 0.342 e. The number of para-hydroxylation sites is 1. The first-order valence-electron chi connectivity index (χ1n) is 11.9. The third-order valence-corrected chi connectivity index (χ3v) is 5.76. The molecular weight excluding hydrogens is 426 g/mol. The number of benzene rings is 3. The van der Waals surface area contributed by atoms with Crippen LogP contribution in [0.4, 0.5) is 0 Å². The van der Waals surface area contributed by atoms with E-state index in [9.17, 15) is 9.59 Å². The van der Waals surface area contributed by atoms with Gasteiger partial charge in [-0.1, -0.05) is 86.6 Å². The lowest BCUT2D eigenvalue weighted by Crippen LogP contribution is -2.43. The van der Waals surface area contributed by atoms with Gasteiger partial charge in [-0.2, -0.15) is 0 Å². The van der Waals surface area contributed by atoms with Gasteiger partial charge < -0.3 is 14.4 Å². The molecule has 5 nitrogen and oxygen atoms in total. The fourth-order valence-electron chi connectivity index (χ4n) is 3.71. The van der Waals surface area contributed by atoms with E-state index in [0.717, 1.165) is 24.0 Å². The van der Waals surface area contributed by atoms with Crippen molar-refractivity contribution in [3.63, 3.8) is 0 Å². The Kier molecular flexibility index (Phi) is 9.27. The molecule has 34 heavy (non-hydrogen) atoms. The van der Waals surface area contributed by atoms with E-state index in [-0.39, 0.29) is 24.1 Å². The van der Waals surface area contributed by atoms with Gasteiger partial charge in [-0.05, 0) is 37.5 Å². The fraction of sp³-hybridized carbons (Fsp3) is 0.310. The van der Waals surface area contributed by atoms with Crippen molar-refractivity contribution in [3.05, 3.63) is 102 Å². The van der Waals surface area contributed by atoms with E-state index in [4.69, 9.17) is 9.47 Å². The number of rotatable bonds is 11. The molecule has 2 atom stereocenters. The Bertz CT molecular complexity index is 1050. The van der Waals surface area contributed by atoms with Crippen LogP contribution in [0.15, 0.2) is 84.9 Å². The van der Waals surface area contributed by atoms with Crippen molar-refractivity contribution >= 4 is 11.9 Å². The van der Waals surface area contributed by atoms with Gasteiger partial charge in [0.15, 0.2) is 0 Å². The average Bonchev–Trinajstić information content (AvgIpc) is 2.89. The highest BCUT2D eigenvalue weighted by molar-refractivity contribution is 5.93. The van der Waals surface area contributed by atoms with E-state index in [1.807, 2.05) is 72.5 Å². The molecule has 0 spiro atoms. The molecule has 0 aliphatic carbocycles. The minimum Gasteiger partial charge on any atom is -0.475 e. The molecule has 178 valence electrons. The van der Waals surface area contributed by atoms with E-state index in [1.54, 1.807) is 24.3 Å². The quantitative estimate of drug-likeness (QED) is 0.320. The van der Waals surface area contributed by atoms with Crippen LogP contribution in [0.3, 0.4) is 0 Å². The highest BCUT2D eigenvalue weighted by Gasteiger charge is 2.31. The Hall–Kier alpha value is -3.60. The monoisotopic (exact) mass is 459 g/mol. The van der Waals surface area contributed by atoms with Gasteiger partial charge in [0.2, 0.25) is 6.10 Å². The van der Waals surface area contributed by atoms with Crippen LogP contribution >= 0.6 is 0 Å². The lowest BCUT2D eigenvalue weighted by Gasteiger charge is -2.32. The summed E-state index contributed by atoms with van der Waals surface area (Å²) in [7, 11) is 0. The summed E-state index contributed by atoms with van der Waals surface area (Å²) in [6, 6.07) is 25.9. The second kappa shape index (κ2) is 12.6. The van der Waals surface area contributed by atoms with Crippen LogP contribution in [-0.2, 0) is 16.1 Å². The first-order chi connectivity index (χ1) is 16.5. The molecule has 3 aromatic carbocycles. The average molecular weight is 460 g/mol. The topological polar surface area (TPSA) is 55.8 Å². The van der Waals surface area contributed by atoms with E-state index in [1.165, 1.54) is 0 Å². The Morgan fingerprint density at radius 3 is 2.12 bits per heavy atom. The van der Waals surface area contributed by atoms with Gasteiger partial charge in [-0.15, -0.1) is 0 Å². The highest BCUT2D eigenvalue weighted by atomic mass is 16.5. The third kappa shape index (κ3) is 6.47. The summed E-state index contributed by atoms with van der Waals surface area (Å²) < 4.78 is 11.8. The van der Waals surface area contributed by atoms with Gasteiger partial charge in [0.05, 0.1) is 0 Å². The zero-order valence-electron chi connectivity index (χ0n) is 20.1. The number of hydrogen-bond acceptors (Lipinski definition) is 4. The smallest absolute Gasteiger partial charge is 0.342 e. The number of carbonyl (C=O) groups is 2. The first kappa shape index (κ1) is 25.0. The maximum atomic E-state index is 13.7. The fourth-order valence-corrected chi connectivity index (χ4v) is 3.71. The minimum atomic E-state index is -0.871. The number of amides is 1. The van der Waals surface area contributed by atoms with Crippen molar-refractivity contribution in [1.82, 2.24) is 4.90 Å². The van der Waals surface area contributed by atoms with Crippen LogP contribution in [0.5, 0.6) is 5.75 Å². The third-order valence-electron chi connectivity index (χ3n) is 5.76. The lowest BCUT2D eigenvalue weighted by molar-refractivity contribution is -0.141. The summed E-state index contributed by atoms with van der Waals surface area (Å²) >= 11 is 0. The van der Waals surface area contributed by atoms with Crippen LogP contribution < -0.4 is 4.74 Å². The van der Waals surface area contributed by atoms with E-state index < -0.39 is 12.1 Å². The Morgan fingerprint density at radius 1 is 0.853 bits per heavy atom. The zero-order valence-corrected chi connectivity index (χ0v) is 20.1. The van der Waals surface area contributed by atoms with E-state index in [0.29, 0.717) is 12.3 Å². The maximum absolute atomic E-state index is 13.7. The van der Waals surface area contributed by atoms with Crippen LogP contribution in [0.2, 0.25) is 0 Å². The number of ether oxygens (including phenoxy) is 2. The molecule has 0 radical (unpaired) electrons. The van der Waals surface area contributed by atoms with E-state index in [2.05, 4.69) is 13.8 Å². The predicted octanol–water partition coefficient (Wildman–Crippen LogP) is 6.20. The standard InChI is InChI=1S/C29H33NO4/c1-4-20-30(22(3)5-2)28(31)27(24-16-10-7-11-17-24)34-26-19-13-12-18-25(26)29(32)33-21-23-14-8-6-9-15-23/h6-19,22,27H,4-5,20-21H2,1-3H3. The largest absolute Gasteiger partial charge is 0.475 e. The van der Waals surface area contributed by atoms with Gasteiger partial charge in [0.1, 0.15) is 17.9 Å². The van der Waals surface area contributed by atoms with Crippen molar-refractivity contribution in [2.75, 3.05) is 6.54 Å². The summed E-state index contributed by atoms with van der Waals surface area (Å²) in [5, 5.41) is 0. The summed E-state index contributed by atoms with van der Waals surface area (Å²) in [5.41, 5.74) is 1.93. The second-order valence-corrected chi connectivity index (χ2v) is 8.26. The molecule has 2 unspecified atom stereocenters. The SMILES string of the molecule is CCCN(C(=O)C(Oc1ccccc1C(=O)OCc1ccccc1)c1ccccc1)C(C)CC. The molecular formula is C29H33NO4. The van der Waals surface area contributed by atoms with Crippen molar-refractivity contribution in [2.45, 2.75) is 52.4 Å². The Balaban J connectivity index is 1.88. The molecule has 0 heterocycles. The molecule has 0 aliphatic heterocycles. The Labute approximate surface area is 202 Å². The van der Waals surface area contributed by atoms with Crippen molar-refractivity contribution in [3.8, 4) is 5.75 Å². The van der Waals surface area contributed by atoms with Crippen LogP contribution in [0, 0.1) is 0 Å². The zero-order chi connectivity index (χ0) is 24.3. The van der Waals surface area contributed by atoms with Crippen LogP contribution in [0.1, 0.15) is 61.2 Å². The molecule has 0 fully saturated rings. The van der Waals surface area contributed by atoms with Gasteiger partial charge >= 0.3 is 5.97 Å². The number of carbonyl (C=O) groups excluding carboxylic acids is 2. The molecule has 1 amide bonds. The van der Waals surface area contributed by atoms with Gasteiger partial charge in [-0.3, -0.25) is 4.79 Å². The Morgan fingerprint density at radius 2 is 1.47 bits per heavy atom. The molecule has 0 saturated heterocycles. The van der Waals surface area contributed by atoms with E-state index >= 15 is 0 Å². The van der Waals surface area contributed by atoms with Gasteiger partial charge in [0.25, 0.3) is 5.91 Å². The lowest BCUT2D eigenvalue weighted by atomic mass is 10.1. The second-order valence-electron chi connectivity index (χ2n) is 8.26. The van der Waals surface area contributed by atoms with Crippen LogP contribution in [-0.4, -0.2) is 29.4 Å². The first-order valence-corrected chi connectivity index (χ1v) is 11.9. The van der Waals surface area contributed by atoms with Gasteiger partial charge in [0, 0.05) is 18.2 Å². The van der Waals surface area contributed by atoms with Crippen LogP contribution in [0.25, 0.3) is 0 Å². The number of esters is 1. The molecule has 0 N–H and O–H groups in total. The number of nitrogens with zero attached hydrogens (tertiary/aromatic N) is 1. The summed E-state index contributed by atoms with van der Waals surface area (Å²) in [6.07, 6.45) is 0.820. The molecule has 0 aliphatic rings.